The van der Waals surface area contributed by atoms with Crippen molar-refractivity contribution in [2.75, 3.05) is 13.2 Å². The Balaban J connectivity index is 1.65. The first kappa shape index (κ1) is 9.40. The SMILES string of the molecule is NCC(O)COC1CC2CC(C1)O2. The van der Waals surface area contributed by atoms with Gasteiger partial charge in [-0.25, -0.2) is 0 Å². The lowest BCUT2D eigenvalue weighted by Crippen LogP contribution is -2.48. The van der Waals surface area contributed by atoms with Gasteiger partial charge >= 0.3 is 0 Å². The fourth-order valence-electron chi connectivity index (χ4n) is 1.99. The molecule has 76 valence electrons. The highest BCUT2D eigenvalue weighted by Crippen LogP contribution is 2.35. The fourth-order valence-corrected chi connectivity index (χ4v) is 1.99. The van der Waals surface area contributed by atoms with Crippen LogP contribution < -0.4 is 5.73 Å². The number of hydrogen-bond donors (Lipinski definition) is 2. The number of aliphatic hydroxyl groups excluding tert-OH is 1. The molecule has 3 rings (SSSR count). The van der Waals surface area contributed by atoms with Crippen LogP contribution in [0.3, 0.4) is 0 Å². The maximum absolute atomic E-state index is 9.18. The van der Waals surface area contributed by atoms with E-state index in [1.807, 2.05) is 0 Å². The van der Waals surface area contributed by atoms with E-state index in [-0.39, 0.29) is 12.6 Å². The van der Waals surface area contributed by atoms with Crippen LogP contribution in [0.15, 0.2) is 0 Å². The van der Waals surface area contributed by atoms with Crippen molar-refractivity contribution in [1.82, 2.24) is 0 Å². The zero-order chi connectivity index (χ0) is 9.26. The summed E-state index contributed by atoms with van der Waals surface area (Å²) < 4.78 is 11.0. The van der Waals surface area contributed by atoms with Crippen LogP contribution in [-0.2, 0) is 9.47 Å². The smallest absolute Gasteiger partial charge is 0.0895 e. The van der Waals surface area contributed by atoms with Gasteiger partial charge in [-0.15, -0.1) is 0 Å². The Hall–Kier alpha value is -0.160. The number of nitrogens with two attached hydrogens (primary N) is 1. The lowest BCUT2D eigenvalue weighted by Gasteiger charge is -2.45. The third-order valence-electron chi connectivity index (χ3n) is 2.76. The Labute approximate surface area is 78.0 Å². The average Bonchev–Trinajstić information content (AvgIpc) is 2.13. The molecular weight excluding hydrogens is 170 g/mol. The second-order valence-corrected chi connectivity index (χ2v) is 3.93. The van der Waals surface area contributed by atoms with Crippen LogP contribution in [-0.4, -0.2) is 42.7 Å². The molecule has 3 fully saturated rings. The van der Waals surface area contributed by atoms with Crippen LogP contribution >= 0.6 is 0 Å². The maximum Gasteiger partial charge on any atom is 0.0895 e. The van der Waals surface area contributed by atoms with Crippen LogP contribution in [0.2, 0.25) is 0 Å². The van der Waals surface area contributed by atoms with Crippen molar-refractivity contribution in [3.63, 3.8) is 0 Å². The zero-order valence-electron chi connectivity index (χ0n) is 7.69. The Morgan fingerprint density at radius 2 is 2.00 bits per heavy atom. The summed E-state index contributed by atoms with van der Waals surface area (Å²) in [6, 6.07) is 0. The molecule has 4 nitrogen and oxygen atoms in total. The quantitative estimate of drug-likeness (QED) is 0.631. The van der Waals surface area contributed by atoms with Gasteiger partial charge in [0.05, 0.1) is 31.0 Å². The Morgan fingerprint density at radius 3 is 2.54 bits per heavy atom. The standard InChI is InChI=1S/C9H17NO3/c10-4-6(11)5-12-7-1-8-3-9(2-7)13-8/h6-9,11H,1-5,10H2. The van der Waals surface area contributed by atoms with Gasteiger partial charge in [-0.1, -0.05) is 0 Å². The lowest BCUT2D eigenvalue weighted by molar-refractivity contribution is -0.200. The fraction of sp³-hybridized carbons (Fsp3) is 1.00. The van der Waals surface area contributed by atoms with Gasteiger partial charge in [0.25, 0.3) is 0 Å². The first-order valence-corrected chi connectivity index (χ1v) is 4.93. The highest BCUT2D eigenvalue weighted by Gasteiger charge is 2.39. The van der Waals surface area contributed by atoms with Crippen LogP contribution in [0.25, 0.3) is 0 Å². The molecule has 0 amide bonds. The second-order valence-electron chi connectivity index (χ2n) is 3.93. The van der Waals surface area contributed by atoms with Crippen LogP contribution in [0.1, 0.15) is 19.3 Å². The second kappa shape index (κ2) is 3.92. The molecule has 3 unspecified atom stereocenters. The van der Waals surface area contributed by atoms with Gasteiger partial charge in [0, 0.05) is 6.54 Å². The predicted molar refractivity (Wildman–Crippen MR) is 47.3 cm³/mol. The topological polar surface area (TPSA) is 64.7 Å². The minimum Gasteiger partial charge on any atom is -0.389 e. The van der Waals surface area contributed by atoms with Crippen molar-refractivity contribution in [3.05, 3.63) is 0 Å². The van der Waals surface area contributed by atoms with Gasteiger partial charge < -0.3 is 20.3 Å². The van der Waals surface area contributed by atoms with E-state index in [4.69, 9.17) is 15.2 Å². The third kappa shape index (κ3) is 2.20. The molecule has 0 aromatic heterocycles. The molecule has 0 radical (unpaired) electrons. The summed E-state index contributed by atoms with van der Waals surface area (Å²) >= 11 is 0. The lowest BCUT2D eigenvalue weighted by atomic mass is 9.87. The Bertz CT molecular complexity index is 160. The number of fused-ring (bicyclic) bond motifs is 2. The van der Waals surface area contributed by atoms with E-state index in [1.165, 1.54) is 6.42 Å². The van der Waals surface area contributed by atoms with Crippen molar-refractivity contribution < 1.29 is 14.6 Å². The van der Waals surface area contributed by atoms with E-state index in [0.29, 0.717) is 18.8 Å². The molecule has 0 aromatic rings. The van der Waals surface area contributed by atoms with E-state index < -0.39 is 6.10 Å². The van der Waals surface area contributed by atoms with Gasteiger partial charge in [-0.2, -0.15) is 0 Å². The highest BCUT2D eigenvalue weighted by atomic mass is 16.5. The van der Waals surface area contributed by atoms with Crippen molar-refractivity contribution in [3.8, 4) is 0 Å². The molecule has 0 spiro atoms. The molecule has 1 aliphatic carbocycles. The first-order chi connectivity index (χ1) is 6.28. The van der Waals surface area contributed by atoms with Gasteiger partial charge in [0.2, 0.25) is 0 Å². The number of aliphatic hydroxyl groups is 1. The summed E-state index contributed by atoms with van der Waals surface area (Å²) in [6.07, 6.45) is 3.75. The molecule has 3 atom stereocenters. The molecule has 3 N–H and O–H groups in total. The van der Waals surface area contributed by atoms with Gasteiger partial charge in [-0.3, -0.25) is 0 Å². The molecule has 2 heterocycles. The summed E-state index contributed by atoms with van der Waals surface area (Å²) in [7, 11) is 0. The van der Waals surface area contributed by atoms with Gasteiger partial charge in [0.1, 0.15) is 0 Å². The van der Waals surface area contributed by atoms with Crippen molar-refractivity contribution >= 4 is 0 Å². The largest absolute Gasteiger partial charge is 0.389 e. The third-order valence-corrected chi connectivity index (χ3v) is 2.76. The molecule has 2 aliphatic heterocycles. The van der Waals surface area contributed by atoms with Crippen LogP contribution in [0, 0.1) is 0 Å². The average molecular weight is 187 g/mol. The van der Waals surface area contributed by atoms with Crippen molar-refractivity contribution in [2.24, 2.45) is 5.73 Å². The zero-order valence-corrected chi connectivity index (χ0v) is 7.69. The van der Waals surface area contributed by atoms with E-state index in [9.17, 15) is 5.11 Å². The molecule has 0 aromatic carbocycles. The van der Waals surface area contributed by atoms with Gasteiger partial charge in [0.15, 0.2) is 0 Å². The minimum absolute atomic E-state index is 0.274. The molecule has 1 saturated carbocycles. The summed E-state index contributed by atoms with van der Waals surface area (Å²) in [6.45, 7) is 0.636. The number of rotatable bonds is 4. The normalized spacial score (nSPS) is 39.7. The monoisotopic (exact) mass is 187 g/mol. The summed E-state index contributed by atoms with van der Waals surface area (Å²) in [4.78, 5) is 0. The molecular formula is C9H17NO3. The van der Waals surface area contributed by atoms with Gasteiger partial charge in [-0.05, 0) is 19.3 Å². The molecule has 2 bridgehead atoms. The Morgan fingerprint density at radius 1 is 1.38 bits per heavy atom. The summed E-state index contributed by atoms with van der Waals surface area (Å²) in [5.41, 5.74) is 5.27. The number of ether oxygens (including phenoxy) is 2. The predicted octanol–water partition coefficient (Wildman–Crippen LogP) is -0.357. The minimum atomic E-state index is -0.515. The van der Waals surface area contributed by atoms with E-state index in [2.05, 4.69) is 0 Å². The number of hydrogen-bond acceptors (Lipinski definition) is 4. The van der Waals surface area contributed by atoms with Crippen molar-refractivity contribution in [2.45, 2.75) is 43.7 Å². The van der Waals surface area contributed by atoms with Crippen LogP contribution in [0.4, 0.5) is 0 Å². The summed E-state index contributed by atoms with van der Waals surface area (Å²) in [5, 5.41) is 9.18. The molecule has 13 heavy (non-hydrogen) atoms. The maximum atomic E-state index is 9.18. The molecule has 4 heteroatoms. The van der Waals surface area contributed by atoms with E-state index >= 15 is 0 Å². The Kier molecular flexibility index (Phi) is 2.83. The molecule has 3 aliphatic rings. The van der Waals surface area contributed by atoms with Crippen molar-refractivity contribution in [1.29, 1.82) is 0 Å². The summed E-state index contributed by atoms with van der Waals surface area (Å²) in [5.74, 6) is 0. The first-order valence-electron chi connectivity index (χ1n) is 4.93. The van der Waals surface area contributed by atoms with E-state index in [1.54, 1.807) is 0 Å². The molecule has 2 saturated heterocycles. The highest BCUT2D eigenvalue weighted by molar-refractivity contribution is 4.89. The van der Waals surface area contributed by atoms with Crippen LogP contribution in [0.5, 0.6) is 0 Å². The van der Waals surface area contributed by atoms with E-state index in [0.717, 1.165) is 12.8 Å².